The van der Waals surface area contributed by atoms with Gasteiger partial charge in [-0.2, -0.15) is 4.98 Å². The molecule has 2 aliphatic rings. The van der Waals surface area contributed by atoms with Gasteiger partial charge in [-0.25, -0.2) is 4.98 Å². The molecular weight excluding hydrogens is 280 g/mol. The van der Waals surface area contributed by atoms with Gasteiger partial charge in [0.1, 0.15) is 0 Å². The number of methoxy groups -OCH3 is 2. The molecule has 0 amide bonds. The second kappa shape index (κ2) is 6.79. The summed E-state index contributed by atoms with van der Waals surface area (Å²) in [5.41, 5.74) is 0.387. The van der Waals surface area contributed by atoms with Crippen molar-refractivity contribution in [2.45, 2.75) is 19.3 Å². The van der Waals surface area contributed by atoms with E-state index in [0.717, 1.165) is 38.7 Å². The molecule has 1 atom stereocenters. The molecule has 2 fully saturated rings. The summed E-state index contributed by atoms with van der Waals surface area (Å²) in [6, 6.07) is 1.79. The molecule has 6 nitrogen and oxygen atoms in total. The zero-order valence-electron chi connectivity index (χ0n) is 13.6. The maximum absolute atomic E-state index is 5.23. The summed E-state index contributed by atoms with van der Waals surface area (Å²) in [5.74, 6) is 1.43. The summed E-state index contributed by atoms with van der Waals surface area (Å²) in [4.78, 5) is 13.7. The number of anilines is 1. The van der Waals surface area contributed by atoms with E-state index in [-0.39, 0.29) is 0 Å². The van der Waals surface area contributed by atoms with E-state index in [1.54, 1.807) is 26.5 Å². The Morgan fingerprint density at radius 1 is 1.23 bits per heavy atom. The largest absolute Gasteiger partial charge is 0.481 e. The zero-order valence-corrected chi connectivity index (χ0v) is 13.6. The minimum absolute atomic E-state index is 0.387. The third kappa shape index (κ3) is 3.33. The van der Waals surface area contributed by atoms with Gasteiger partial charge in [-0.1, -0.05) is 0 Å². The highest BCUT2D eigenvalue weighted by molar-refractivity contribution is 5.34. The van der Waals surface area contributed by atoms with Crippen molar-refractivity contribution in [2.75, 3.05) is 58.5 Å². The van der Waals surface area contributed by atoms with Crippen LogP contribution in [-0.2, 0) is 4.74 Å². The fourth-order valence-corrected chi connectivity index (χ4v) is 3.76. The molecule has 6 heteroatoms. The van der Waals surface area contributed by atoms with E-state index in [1.165, 1.54) is 25.8 Å². The van der Waals surface area contributed by atoms with Crippen LogP contribution in [0.2, 0.25) is 0 Å². The molecule has 3 rings (SSSR count). The molecule has 0 saturated carbocycles. The molecule has 1 aromatic rings. The second-order valence-corrected chi connectivity index (χ2v) is 6.44. The number of likely N-dealkylation sites (tertiary alicyclic amines) is 1. The average molecular weight is 306 g/mol. The van der Waals surface area contributed by atoms with Crippen LogP contribution in [0.5, 0.6) is 5.88 Å². The van der Waals surface area contributed by atoms with Gasteiger partial charge in [0.25, 0.3) is 0 Å². The highest BCUT2D eigenvalue weighted by Gasteiger charge is 2.41. The van der Waals surface area contributed by atoms with Crippen LogP contribution in [0.1, 0.15) is 19.3 Å². The first-order valence-electron chi connectivity index (χ1n) is 8.08. The van der Waals surface area contributed by atoms with Crippen LogP contribution in [0.4, 0.5) is 5.95 Å². The summed E-state index contributed by atoms with van der Waals surface area (Å²) in [5, 5.41) is 0. The van der Waals surface area contributed by atoms with Crippen LogP contribution in [0, 0.1) is 5.41 Å². The van der Waals surface area contributed by atoms with Gasteiger partial charge in [0, 0.05) is 51.0 Å². The van der Waals surface area contributed by atoms with Crippen LogP contribution in [0.15, 0.2) is 12.3 Å². The minimum atomic E-state index is 0.387. The number of ether oxygens (including phenoxy) is 2. The van der Waals surface area contributed by atoms with Crippen molar-refractivity contribution in [3.05, 3.63) is 12.3 Å². The molecular formula is C16H26N4O2. The van der Waals surface area contributed by atoms with E-state index in [4.69, 9.17) is 9.47 Å². The van der Waals surface area contributed by atoms with Gasteiger partial charge in [0.05, 0.1) is 13.7 Å². The molecule has 2 saturated heterocycles. The number of aromatic nitrogens is 2. The van der Waals surface area contributed by atoms with E-state index >= 15 is 0 Å². The lowest BCUT2D eigenvalue weighted by Crippen LogP contribution is -2.45. The summed E-state index contributed by atoms with van der Waals surface area (Å²) in [7, 11) is 3.42. The van der Waals surface area contributed by atoms with Gasteiger partial charge in [0.15, 0.2) is 0 Å². The Morgan fingerprint density at radius 3 is 2.95 bits per heavy atom. The third-order valence-corrected chi connectivity index (χ3v) is 4.90. The van der Waals surface area contributed by atoms with Gasteiger partial charge in [-0.3, -0.25) is 0 Å². The van der Waals surface area contributed by atoms with Gasteiger partial charge in [0.2, 0.25) is 11.8 Å². The number of piperidine rings is 1. The lowest BCUT2D eigenvalue weighted by molar-refractivity contribution is 0.0755. The Kier molecular flexibility index (Phi) is 4.78. The van der Waals surface area contributed by atoms with Crippen LogP contribution in [0.3, 0.4) is 0 Å². The normalized spacial score (nSPS) is 25.8. The van der Waals surface area contributed by atoms with Gasteiger partial charge in [-0.15, -0.1) is 0 Å². The quantitative estimate of drug-likeness (QED) is 0.820. The van der Waals surface area contributed by atoms with Crippen molar-refractivity contribution in [3.63, 3.8) is 0 Å². The summed E-state index contributed by atoms with van der Waals surface area (Å²) in [6.07, 6.45) is 5.57. The molecule has 1 aromatic heterocycles. The molecule has 1 spiro atoms. The maximum Gasteiger partial charge on any atom is 0.228 e. The van der Waals surface area contributed by atoms with Crippen LogP contribution in [-0.4, -0.2) is 68.4 Å². The first-order valence-corrected chi connectivity index (χ1v) is 8.08. The fraction of sp³-hybridized carbons (Fsp3) is 0.750. The van der Waals surface area contributed by atoms with Crippen LogP contribution in [0.25, 0.3) is 0 Å². The van der Waals surface area contributed by atoms with Gasteiger partial charge in [-0.05, 0) is 25.8 Å². The number of nitrogens with zero attached hydrogens (tertiary/aromatic N) is 4. The van der Waals surface area contributed by atoms with E-state index in [2.05, 4.69) is 19.8 Å². The van der Waals surface area contributed by atoms with Crippen LogP contribution < -0.4 is 9.64 Å². The van der Waals surface area contributed by atoms with E-state index in [1.807, 2.05) is 0 Å². The average Bonchev–Trinajstić information content (AvgIpc) is 2.96. The maximum atomic E-state index is 5.23. The number of hydrogen-bond donors (Lipinski definition) is 0. The lowest BCUT2D eigenvalue weighted by atomic mass is 9.79. The van der Waals surface area contributed by atoms with E-state index in [0.29, 0.717) is 11.3 Å². The van der Waals surface area contributed by atoms with Crippen molar-refractivity contribution in [3.8, 4) is 5.88 Å². The van der Waals surface area contributed by atoms with Crippen molar-refractivity contribution in [2.24, 2.45) is 5.41 Å². The number of rotatable bonds is 5. The first kappa shape index (κ1) is 15.5. The third-order valence-electron chi connectivity index (χ3n) is 4.90. The molecule has 1 unspecified atom stereocenters. The van der Waals surface area contributed by atoms with Crippen LogP contribution >= 0.6 is 0 Å². The van der Waals surface area contributed by atoms with Crippen molar-refractivity contribution >= 4 is 5.95 Å². The molecule has 0 aliphatic carbocycles. The fourth-order valence-electron chi connectivity index (χ4n) is 3.76. The Labute approximate surface area is 132 Å². The van der Waals surface area contributed by atoms with Crippen molar-refractivity contribution in [1.29, 1.82) is 0 Å². The molecule has 0 aromatic carbocycles. The first-order chi connectivity index (χ1) is 10.7. The highest BCUT2D eigenvalue weighted by Crippen LogP contribution is 2.39. The summed E-state index contributed by atoms with van der Waals surface area (Å²) >= 11 is 0. The Morgan fingerprint density at radius 2 is 2.14 bits per heavy atom. The molecule has 0 N–H and O–H groups in total. The molecule has 3 heterocycles. The molecule has 0 radical (unpaired) electrons. The smallest absolute Gasteiger partial charge is 0.228 e. The number of hydrogen-bond acceptors (Lipinski definition) is 6. The predicted octanol–water partition coefficient (Wildman–Crippen LogP) is 1.42. The SMILES string of the molecule is COCCN1CCCC2(CCN(c3nccc(OC)n3)C2)C1. The molecule has 0 bridgehead atoms. The molecule has 22 heavy (non-hydrogen) atoms. The van der Waals surface area contributed by atoms with E-state index < -0.39 is 0 Å². The Balaban J connectivity index is 1.65. The van der Waals surface area contributed by atoms with Crippen molar-refractivity contribution in [1.82, 2.24) is 14.9 Å². The summed E-state index contributed by atoms with van der Waals surface area (Å²) in [6.45, 7) is 6.29. The highest BCUT2D eigenvalue weighted by atomic mass is 16.5. The molecule has 122 valence electrons. The van der Waals surface area contributed by atoms with Gasteiger partial charge < -0.3 is 19.3 Å². The minimum Gasteiger partial charge on any atom is -0.481 e. The van der Waals surface area contributed by atoms with Crippen molar-refractivity contribution < 1.29 is 9.47 Å². The standard InChI is InChI=1S/C16H26N4O2/c1-21-11-10-19-8-3-5-16(12-19)6-9-20(13-16)15-17-7-4-14(18-15)22-2/h4,7H,3,5-6,8-13H2,1-2H3. The second-order valence-electron chi connectivity index (χ2n) is 6.44. The molecule has 2 aliphatic heterocycles. The topological polar surface area (TPSA) is 50.7 Å². The zero-order chi connectivity index (χ0) is 15.4. The summed E-state index contributed by atoms with van der Waals surface area (Å²) < 4.78 is 10.4. The predicted molar refractivity (Wildman–Crippen MR) is 85.4 cm³/mol. The Hall–Kier alpha value is -1.40. The van der Waals surface area contributed by atoms with E-state index in [9.17, 15) is 0 Å². The van der Waals surface area contributed by atoms with Gasteiger partial charge >= 0.3 is 0 Å². The monoisotopic (exact) mass is 306 g/mol. The lowest BCUT2D eigenvalue weighted by Gasteiger charge is -2.40. The Bertz CT molecular complexity index is 499.